The van der Waals surface area contributed by atoms with E-state index in [-0.39, 0.29) is 0 Å². The topological polar surface area (TPSA) is 68.9 Å². The molecule has 0 bridgehead atoms. The summed E-state index contributed by atoms with van der Waals surface area (Å²) in [5, 5.41) is 13.8. The van der Waals surface area contributed by atoms with Crippen molar-refractivity contribution in [1.82, 2.24) is 29.8 Å². The van der Waals surface area contributed by atoms with Crippen molar-refractivity contribution in [1.29, 1.82) is 0 Å². The van der Waals surface area contributed by atoms with Gasteiger partial charge in [0, 0.05) is 35.9 Å². The van der Waals surface area contributed by atoms with Crippen LogP contribution in [0.15, 0.2) is 49.1 Å². The molecule has 0 spiro atoms. The van der Waals surface area contributed by atoms with Crippen LogP contribution in [0.3, 0.4) is 0 Å². The molecular formula is C13H8N6S. The van der Waals surface area contributed by atoms with Gasteiger partial charge in [0.25, 0.3) is 0 Å². The monoisotopic (exact) mass is 280 g/mol. The van der Waals surface area contributed by atoms with E-state index >= 15 is 0 Å². The molecule has 20 heavy (non-hydrogen) atoms. The second-order valence-corrected chi connectivity index (χ2v) is 5.06. The molecule has 0 aliphatic rings. The van der Waals surface area contributed by atoms with E-state index in [1.165, 1.54) is 11.3 Å². The van der Waals surface area contributed by atoms with Crippen molar-refractivity contribution in [3.05, 3.63) is 49.1 Å². The van der Waals surface area contributed by atoms with E-state index in [0.717, 1.165) is 21.1 Å². The van der Waals surface area contributed by atoms with Gasteiger partial charge in [-0.25, -0.2) is 0 Å². The molecule has 0 N–H and O–H groups in total. The molecule has 0 saturated heterocycles. The smallest absolute Gasteiger partial charge is 0.235 e. The molecular weight excluding hydrogens is 272 g/mol. The zero-order valence-corrected chi connectivity index (χ0v) is 11.0. The molecule has 0 aliphatic heterocycles. The third kappa shape index (κ3) is 1.76. The van der Waals surface area contributed by atoms with Crippen molar-refractivity contribution >= 4 is 16.3 Å². The zero-order valence-electron chi connectivity index (χ0n) is 10.2. The van der Waals surface area contributed by atoms with E-state index in [1.807, 2.05) is 24.3 Å². The first kappa shape index (κ1) is 11.2. The number of hydrogen-bond acceptors (Lipinski definition) is 6. The maximum absolute atomic E-state index is 4.56. The first-order valence-electron chi connectivity index (χ1n) is 5.95. The molecule has 96 valence electrons. The van der Waals surface area contributed by atoms with Gasteiger partial charge in [0.1, 0.15) is 5.01 Å². The molecule has 6 nitrogen and oxygen atoms in total. The van der Waals surface area contributed by atoms with Crippen LogP contribution in [0.1, 0.15) is 0 Å². The number of pyridine rings is 2. The molecule has 4 aromatic heterocycles. The number of aromatic nitrogens is 6. The molecule has 0 unspecified atom stereocenters. The van der Waals surface area contributed by atoms with Crippen LogP contribution in [-0.4, -0.2) is 29.8 Å². The highest BCUT2D eigenvalue weighted by Crippen LogP contribution is 2.26. The maximum Gasteiger partial charge on any atom is 0.235 e. The molecule has 0 saturated carbocycles. The van der Waals surface area contributed by atoms with Crippen LogP contribution in [0, 0.1) is 0 Å². The minimum absolute atomic E-state index is 0.694. The van der Waals surface area contributed by atoms with Crippen molar-refractivity contribution in [2.24, 2.45) is 0 Å². The third-order valence-corrected chi connectivity index (χ3v) is 3.77. The van der Waals surface area contributed by atoms with Gasteiger partial charge in [-0.15, -0.1) is 10.2 Å². The van der Waals surface area contributed by atoms with Crippen LogP contribution in [0.2, 0.25) is 0 Å². The second-order valence-electron chi connectivity index (χ2n) is 4.11. The minimum atomic E-state index is 0.694. The van der Waals surface area contributed by atoms with Crippen LogP contribution in [0.5, 0.6) is 0 Å². The summed E-state index contributed by atoms with van der Waals surface area (Å²) in [6, 6.07) is 7.67. The Kier molecular flexibility index (Phi) is 2.49. The Morgan fingerprint density at radius 3 is 2.35 bits per heavy atom. The summed E-state index contributed by atoms with van der Waals surface area (Å²) in [6.07, 6.45) is 7.00. The summed E-state index contributed by atoms with van der Waals surface area (Å²) in [6.45, 7) is 0. The van der Waals surface area contributed by atoms with Gasteiger partial charge >= 0.3 is 0 Å². The average molecular weight is 280 g/mol. The van der Waals surface area contributed by atoms with Gasteiger partial charge in [-0.1, -0.05) is 11.3 Å². The standard InChI is InChI=1S/C13H8N6S/c1-3-9(7-14-5-1)11-16-17-13-19(11)18-12(20-13)10-4-2-6-15-8-10/h1-8H. The SMILES string of the molecule is c1cncc(-c2nn3c(-c4cccnc4)nnc3s2)c1. The lowest BCUT2D eigenvalue weighted by molar-refractivity contribution is 0.968. The summed E-state index contributed by atoms with van der Waals surface area (Å²) in [5.41, 5.74) is 1.86. The van der Waals surface area contributed by atoms with Crippen LogP contribution >= 0.6 is 11.3 Å². The fraction of sp³-hybridized carbons (Fsp3) is 0. The van der Waals surface area contributed by atoms with Gasteiger partial charge in [0.2, 0.25) is 4.96 Å². The maximum atomic E-state index is 4.56. The zero-order chi connectivity index (χ0) is 13.4. The summed E-state index contributed by atoms with van der Waals surface area (Å²) in [7, 11) is 0. The van der Waals surface area contributed by atoms with Crippen molar-refractivity contribution < 1.29 is 0 Å². The Balaban J connectivity index is 1.88. The van der Waals surface area contributed by atoms with Gasteiger partial charge in [-0.2, -0.15) is 9.61 Å². The van der Waals surface area contributed by atoms with E-state index in [4.69, 9.17) is 0 Å². The summed E-state index contributed by atoms with van der Waals surface area (Å²) >= 11 is 1.48. The molecule has 0 radical (unpaired) electrons. The Morgan fingerprint density at radius 1 is 0.900 bits per heavy atom. The molecule has 0 aliphatic carbocycles. The van der Waals surface area contributed by atoms with E-state index in [0.29, 0.717) is 5.82 Å². The van der Waals surface area contributed by atoms with E-state index < -0.39 is 0 Å². The van der Waals surface area contributed by atoms with Crippen molar-refractivity contribution in [3.63, 3.8) is 0 Å². The normalized spacial score (nSPS) is 11.0. The highest BCUT2D eigenvalue weighted by molar-refractivity contribution is 7.19. The fourth-order valence-electron chi connectivity index (χ4n) is 1.90. The van der Waals surface area contributed by atoms with Gasteiger partial charge in [-0.05, 0) is 24.3 Å². The highest BCUT2D eigenvalue weighted by atomic mass is 32.1. The molecule has 7 heteroatoms. The van der Waals surface area contributed by atoms with Gasteiger partial charge in [-0.3, -0.25) is 9.97 Å². The lowest BCUT2D eigenvalue weighted by Gasteiger charge is -1.95. The predicted octanol–water partition coefficient (Wildman–Crippen LogP) is 2.31. The first-order chi connectivity index (χ1) is 9.92. The van der Waals surface area contributed by atoms with Gasteiger partial charge in [0.15, 0.2) is 5.82 Å². The number of rotatable bonds is 2. The minimum Gasteiger partial charge on any atom is -0.264 e. The Labute approximate surface area is 117 Å². The lowest BCUT2D eigenvalue weighted by Crippen LogP contribution is -1.91. The summed E-state index contributed by atoms with van der Waals surface area (Å²) in [5.74, 6) is 0.694. The number of hydrogen-bond donors (Lipinski definition) is 0. The average Bonchev–Trinajstić information content (AvgIpc) is 3.09. The lowest BCUT2D eigenvalue weighted by atomic mass is 10.3. The molecule has 0 amide bonds. The highest BCUT2D eigenvalue weighted by Gasteiger charge is 2.14. The van der Waals surface area contributed by atoms with Gasteiger partial charge in [0.05, 0.1) is 0 Å². The van der Waals surface area contributed by atoms with Crippen LogP contribution in [0.25, 0.3) is 26.9 Å². The number of nitrogens with zero attached hydrogens (tertiary/aromatic N) is 6. The largest absolute Gasteiger partial charge is 0.264 e. The Morgan fingerprint density at radius 2 is 1.65 bits per heavy atom. The quantitative estimate of drug-likeness (QED) is 0.563. The second kappa shape index (κ2) is 4.46. The molecule has 4 rings (SSSR count). The van der Waals surface area contributed by atoms with Crippen molar-refractivity contribution in [3.8, 4) is 22.0 Å². The van der Waals surface area contributed by atoms with E-state index in [2.05, 4.69) is 25.3 Å². The van der Waals surface area contributed by atoms with Crippen molar-refractivity contribution in [2.45, 2.75) is 0 Å². The fourth-order valence-corrected chi connectivity index (χ4v) is 2.73. The Bertz CT molecular complexity index is 852. The van der Waals surface area contributed by atoms with Crippen molar-refractivity contribution in [2.75, 3.05) is 0 Å². The van der Waals surface area contributed by atoms with Gasteiger partial charge < -0.3 is 0 Å². The summed E-state index contributed by atoms with van der Waals surface area (Å²) in [4.78, 5) is 8.96. The van der Waals surface area contributed by atoms with Crippen LogP contribution in [0.4, 0.5) is 0 Å². The van der Waals surface area contributed by atoms with E-state index in [1.54, 1.807) is 29.3 Å². The van der Waals surface area contributed by atoms with E-state index in [9.17, 15) is 0 Å². The molecule has 4 aromatic rings. The van der Waals surface area contributed by atoms with Crippen LogP contribution in [-0.2, 0) is 0 Å². The molecule has 0 aromatic carbocycles. The molecule has 4 heterocycles. The molecule has 0 atom stereocenters. The summed E-state index contributed by atoms with van der Waals surface area (Å²) < 4.78 is 1.74. The van der Waals surface area contributed by atoms with Crippen LogP contribution < -0.4 is 0 Å². The first-order valence-corrected chi connectivity index (χ1v) is 6.76. The Hall–Kier alpha value is -2.67. The molecule has 0 fully saturated rings. The predicted molar refractivity (Wildman–Crippen MR) is 75.1 cm³/mol. The third-order valence-electron chi connectivity index (χ3n) is 2.82. The number of fused-ring (bicyclic) bond motifs is 1.